The molecule has 0 aliphatic rings. The first-order chi connectivity index (χ1) is 6.69. The minimum Gasteiger partial charge on any atom is -0.294 e. The van der Waals surface area contributed by atoms with E-state index in [0.717, 1.165) is 0 Å². The van der Waals surface area contributed by atoms with Crippen LogP contribution in [0.3, 0.4) is 0 Å². The molecule has 0 spiro atoms. The molecular weight excluding hydrogens is 270 g/mol. The fourth-order valence-corrected chi connectivity index (χ4v) is 1.61. The number of carbonyl (C=O) groups is 1. The largest absolute Gasteiger partial charge is 0.294 e. The Morgan fingerprint density at radius 2 is 2.21 bits per heavy atom. The molecule has 0 amide bonds. The van der Waals surface area contributed by atoms with E-state index in [1.54, 1.807) is 6.07 Å². The number of alkyl halides is 2. The Balaban J connectivity index is 2.94. The molecule has 76 valence electrons. The normalized spacial score (nSPS) is 10.2. The lowest BCUT2D eigenvalue weighted by Gasteiger charge is -2.02. The van der Waals surface area contributed by atoms with Crippen LogP contribution in [0.2, 0.25) is 0 Å². The standard InChI is InChI=1S/C10H9BrClFO/c11-4-3-10(14)8-2-1-7(6-12)5-9(8)13/h1-2,5H,3-4,6H2. The second-order valence-corrected chi connectivity index (χ2v) is 3.87. The Hall–Kier alpha value is -0.410. The molecule has 0 saturated carbocycles. The summed E-state index contributed by atoms with van der Waals surface area (Å²) in [6.45, 7) is 0. The van der Waals surface area contributed by atoms with E-state index in [2.05, 4.69) is 15.9 Å². The van der Waals surface area contributed by atoms with Gasteiger partial charge in [-0.2, -0.15) is 0 Å². The van der Waals surface area contributed by atoms with Crippen molar-refractivity contribution in [1.82, 2.24) is 0 Å². The van der Waals surface area contributed by atoms with Gasteiger partial charge in [0.2, 0.25) is 0 Å². The van der Waals surface area contributed by atoms with Crippen LogP contribution in [-0.4, -0.2) is 11.1 Å². The van der Waals surface area contributed by atoms with Gasteiger partial charge in [-0.05, 0) is 17.7 Å². The zero-order valence-electron chi connectivity index (χ0n) is 7.40. The highest BCUT2D eigenvalue weighted by molar-refractivity contribution is 9.09. The van der Waals surface area contributed by atoms with Crippen molar-refractivity contribution in [2.24, 2.45) is 0 Å². The highest BCUT2D eigenvalue weighted by Crippen LogP contribution is 2.14. The summed E-state index contributed by atoms with van der Waals surface area (Å²) in [4.78, 5) is 11.4. The Bertz CT molecular complexity index is 341. The van der Waals surface area contributed by atoms with Gasteiger partial charge in [0.1, 0.15) is 5.82 Å². The lowest BCUT2D eigenvalue weighted by molar-refractivity contribution is 0.0986. The van der Waals surface area contributed by atoms with Gasteiger partial charge in [-0.25, -0.2) is 4.39 Å². The number of hydrogen-bond donors (Lipinski definition) is 0. The summed E-state index contributed by atoms with van der Waals surface area (Å²) in [6, 6.07) is 4.45. The van der Waals surface area contributed by atoms with Crippen LogP contribution in [0.4, 0.5) is 4.39 Å². The van der Waals surface area contributed by atoms with Gasteiger partial charge < -0.3 is 0 Å². The smallest absolute Gasteiger partial charge is 0.166 e. The summed E-state index contributed by atoms with van der Waals surface area (Å²) in [5.41, 5.74) is 0.817. The molecule has 4 heteroatoms. The van der Waals surface area contributed by atoms with Crippen LogP contribution in [0.25, 0.3) is 0 Å². The summed E-state index contributed by atoms with van der Waals surface area (Å²) in [5.74, 6) is -0.432. The first-order valence-electron chi connectivity index (χ1n) is 4.12. The Labute approximate surface area is 95.4 Å². The van der Waals surface area contributed by atoms with Gasteiger partial charge in [0.05, 0.1) is 5.56 Å². The molecule has 0 unspecified atom stereocenters. The van der Waals surface area contributed by atoms with E-state index >= 15 is 0 Å². The van der Waals surface area contributed by atoms with Crippen LogP contribution in [0, 0.1) is 5.82 Å². The minimum absolute atomic E-state index is 0.137. The van der Waals surface area contributed by atoms with E-state index in [1.807, 2.05) is 0 Å². The van der Waals surface area contributed by atoms with Gasteiger partial charge in [0.15, 0.2) is 5.78 Å². The average Bonchev–Trinajstić information content (AvgIpc) is 2.17. The van der Waals surface area contributed by atoms with Gasteiger partial charge in [0, 0.05) is 17.6 Å². The van der Waals surface area contributed by atoms with Crippen LogP contribution in [0.15, 0.2) is 18.2 Å². The third-order valence-corrected chi connectivity index (χ3v) is 2.51. The molecule has 1 aromatic rings. The fraction of sp³-hybridized carbons (Fsp3) is 0.300. The highest BCUT2D eigenvalue weighted by atomic mass is 79.9. The third-order valence-electron chi connectivity index (χ3n) is 1.81. The van der Waals surface area contributed by atoms with Crippen molar-refractivity contribution in [3.63, 3.8) is 0 Å². The van der Waals surface area contributed by atoms with E-state index in [0.29, 0.717) is 17.3 Å². The van der Waals surface area contributed by atoms with E-state index in [1.165, 1.54) is 12.1 Å². The topological polar surface area (TPSA) is 17.1 Å². The van der Waals surface area contributed by atoms with Gasteiger partial charge in [-0.15, -0.1) is 11.6 Å². The van der Waals surface area contributed by atoms with Crippen molar-refractivity contribution >= 4 is 33.3 Å². The molecule has 0 aliphatic carbocycles. The minimum atomic E-state index is -0.492. The second kappa shape index (κ2) is 5.47. The molecule has 0 heterocycles. The SMILES string of the molecule is O=C(CCBr)c1ccc(CCl)cc1F. The Kier molecular flexibility index (Phi) is 4.55. The van der Waals surface area contributed by atoms with E-state index in [4.69, 9.17) is 11.6 Å². The van der Waals surface area contributed by atoms with Crippen molar-refractivity contribution in [3.05, 3.63) is 35.1 Å². The summed E-state index contributed by atoms with van der Waals surface area (Å²) < 4.78 is 13.3. The number of benzene rings is 1. The number of Topliss-reactive ketones (excluding diaryl/α,β-unsaturated/α-hetero) is 1. The van der Waals surface area contributed by atoms with Crippen molar-refractivity contribution in [1.29, 1.82) is 0 Å². The second-order valence-electron chi connectivity index (χ2n) is 2.81. The number of halogens is 3. The van der Waals surface area contributed by atoms with Crippen LogP contribution in [-0.2, 0) is 5.88 Å². The first kappa shape index (κ1) is 11.7. The molecule has 0 atom stereocenters. The van der Waals surface area contributed by atoms with Crippen LogP contribution >= 0.6 is 27.5 Å². The molecular formula is C10H9BrClFO. The molecule has 0 aromatic heterocycles. The molecule has 1 rings (SSSR count). The van der Waals surface area contributed by atoms with Crippen molar-refractivity contribution in [3.8, 4) is 0 Å². The van der Waals surface area contributed by atoms with E-state index in [9.17, 15) is 9.18 Å². The van der Waals surface area contributed by atoms with Crippen molar-refractivity contribution in [2.45, 2.75) is 12.3 Å². The molecule has 0 bridgehead atoms. The zero-order valence-corrected chi connectivity index (χ0v) is 9.74. The molecule has 1 nitrogen and oxygen atoms in total. The maximum absolute atomic E-state index is 13.3. The summed E-state index contributed by atoms with van der Waals surface area (Å²) in [7, 11) is 0. The van der Waals surface area contributed by atoms with Gasteiger partial charge >= 0.3 is 0 Å². The fourth-order valence-electron chi connectivity index (χ4n) is 1.09. The molecule has 0 fully saturated rings. The van der Waals surface area contributed by atoms with E-state index < -0.39 is 5.82 Å². The predicted octanol–water partition coefficient (Wildman–Crippen LogP) is 3.53. The first-order valence-corrected chi connectivity index (χ1v) is 5.78. The Morgan fingerprint density at radius 1 is 1.50 bits per heavy atom. The molecule has 0 radical (unpaired) electrons. The quantitative estimate of drug-likeness (QED) is 0.609. The number of rotatable bonds is 4. The lowest BCUT2D eigenvalue weighted by Crippen LogP contribution is -2.03. The van der Waals surface area contributed by atoms with Gasteiger partial charge in [0.25, 0.3) is 0 Å². The maximum atomic E-state index is 13.3. The zero-order chi connectivity index (χ0) is 10.6. The average molecular weight is 280 g/mol. The predicted molar refractivity (Wildman–Crippen MR) is 58.7 cm³/mol. The number of ketones is 1. The number of hydrogen-bond acceptors (Lipinski definition) is 1. The maximum Gasteiger partial charge on any atom is 0.166 e. The van der Waals surface area contributed by atoms with Crippen molar-refractivity contribution in [2.75, 3.05) is 5.33 Å². The van der Waals surface area contributed by atoms with Crippen LogP contribution in [0.1, 0.15) is 22.3 Å². The van der Waals surface area contributed by atoms with Crippen molar-refractivity contribution < 1.29 is 9.18 Å². The third kappa shape index (κ3) is 2.79. The van der Waals surface area contributed by atoms with E-state index in [-0.39, 0.29) is 17.2 Å². The lowest BCUT2D eigenvalue weighted by atomic mass is 10.1. The molecule has 0 saturated heterocycles. The van der Waals surface area contributed by atoms with Gasteiger partial charge in [-0.1, -0.05) is 22.0 Å². The summed E-state index contributed by atoms with van der Waals surface area (Å²) >= 11 is 8.67. The summed E-state index contributed by atoms with van der Waals surface area (Å²) in [6.07, 6.45) is 0.303. The molecule has 1 aromatic carbocycles. The summed E-state index contributed by atoms with van der Waals surface area (Å²) in [5, 5.41) is 0.544. The molecule has 14 heavy (non-hydrogen) atoms. The number of carbonyl (C=O) groups excluding carboxylic acids is 1. The molecule has 0 aliphatic heterocycles. The van der Waals surface area contributed by atoms with Gasteiger partial charge in [-0.3, -0.25) is 4.79 Å². The van der Waals surface area contributed by atoms with Crippen LogP contribution in [0.5, 0.6) is 0 Å². The molecule has 0 N–H and O–H groups in total. The van der Waals surface area contributed by atoms with Crippen LogP contribution < -0.4 is 0 Å². The highest BCUT2D eigenvalue weighted by Gasteiger charge is 2.10. The monoisotopic (exact) mass is 278 g/mol. The Morgan fingerprint density at radius 3 is 2.71 bits per heavy atom.